The lowest BCUT2D eigenvalue weighted by molar-refractivity contribution is 0.249. The third-order valence-electron chi connectivity index (χ3n) is 2.87. The molecule has 0 saturated heterocycles. The number of nitrogens with zero attached hydrogens (tertiary/aromatic N) is 1. The van der Waals surface area contributed by atoms with E-state index in [2.05, 4.69) is 15.6 Å². The van der Waals surface area contributed by atoms with Gasteiger partial charge >= 0.3 is 6.03 Å². The third kappa shape index (κ3) is 4.38. The Balaban J connectivity index is 1.87. The number of hydrogen-bond donors (Lipinski definition) is 4. The number of aromatic hydroxyl groups is 2. The first-order valence-electron chi connectivity index (χ1n) is 6.54. The Kier molecular flexibility index (Phi) is 4.61. The van der Waals surface area contributed by atoms with E-state index in [1.807, 2.05) is 6.92 Å². The molecule has 1 atom stereocenters. The van der Waals surface area contributed by atoms with Crippen LogP contribution in [0.4, 0.5) is 10.6 Å². The Labute approximate surface area is 122 Å². The van der Waals surface area contributed by atoms with Crippen molar-refractivity contribution in [3.63, 3.8) is 0 Å². The van der Waals surface area contributed by atoms with Crippen molar-refractivity contribution < 1.29 is 15.0 Å². The molecule has 1 unspecified atom stereocenters. The lowest BCUT2D eigenvalue weighted by Crippen LogP contribution is -2.37. The summed E-state index contributed by atoms with van der Waals surface area (Å²) >= 11 is 0. The highest BCUT2D eigenvalue weighted by molar-refractivity contribution is 5.88. The largest absolute Gasteiger partial charge is 0.504 e. The third-order valence-corrected chi connectivity index (χ3v) is 2.87. The first-order chi connectivity index (χ1) is 10.0. The minimum atomic E-state index is -0.343. The fourth-order valence-corrected chi connectivity index (χ4v) is 1.91. The molecule has 0 saturated carbocycles. The summed E-state index contributed by atoms with van der Waals surface area (Å²) in [5.41, 5.74) is 0.816. The molecule has 0 fully saturated rings. The van der Waals surface area contributed by atoms with Crippen molar-refractivity contribution in [2.24, 2.45) is 0 Å². The molecule has 0 aliphatic heterocycles. The molecule has 0 bridgehead atoms. The Morgan fingerprint density at radius 3 is 2.71 bits per heavy atom. The van der Waals surface area contributed by atoms with Gasteiger partial charge in [0.1, 0.15) is 5.82 Å². The summed E-state index contributed by atoms with van der Waals surface area (Å²) in [5, 5.41) is 24.1. The lowest BCUT2D eigenvalue weighted by Gasteiger charge is -2.14. The maximum Gasteiger partial charge on any atom is 0.320 e. The summed E-state index contributed by atoms with van der Waals surface area (Å²) in [6.07, 6.45) is 2.13. The number of hydrogen-bond acceptors (Lipinski definition) is 4. The van der Waals surface area contributed by atoms with Crippen LogP contribution in [-0.2, 0) is 6.42 Å². The average molecular weight is 287 g/mol. The van der Waals surface area contributed by atoms with Gasteiger partial charge in [0.2, 0.25) is 0 Å². The van der Waals surface area contributed by atoms with Crippen molar-refractivity contribution in [3.05, 3.63) is 48.2 Å². The van der Waals surface area contributed by atoms with E-state index in [-0.39, 0.29) is 23.6 Å². The molecule has 2 rings (SSSR count). The van der Waals surface area contributed by atoms with Gasteiger partial charge in [-0.2, -0.15) is 0 Å². The molecule has 0 spiro atoms. The average Bonchev–Trinajstić information content (AvgIpc) is 2.43. The van der Waals surface area contributed by atoms with Gasteiger partial charge in [-0.05, 0) is 43.2 Å². The second kappa shape index (κ2) is 6.60. The van der Waals surface area contributed by atoms with Crippen LogP contribution in [0.1, 0.15) is 12.5 Å². The van der Waals surface area contributed by atoms with Crippen molar-refractivity contribution in [2.75, 3.05) is 5.32 Å². The smallest absolute Gasteiger partial charge is 0.320 e. The van der Waals surface area contributed by atoms with E-state index < -0.39 is 0 Å². The molecular weight excluding hydrogens is 270 g/mol. The van der Waals surface area contributed by atoms with E-state index in [9.17, 15) is 15.0 Å². The fourth-order valence-electron chi connectivity index (χ4n) is 1.91. The van der Waals surface area contributed by atoms with Crippen LogP contribution in [-0.4, -0.2) is 27.3 Å². The van der Waals surface area contributed by atoms with Gasteiger partial charge in [0.05, 0.1) is 0 Å². The zero-order valence-corrected chi connectivity index (χ0v) is 11.6. The summed E-state index contributed by atoms with van der Waals surface area (Å²) in [6.45, 7) is 1.85. The van der Waals surface area contributed by atoms with Crippen molar-refractivity contribution in [1.82, 2.24) is 10.3 Å². The molecule has 2 amide bonds. The van der Waals surface area contributed by atoms with Crippen LogP contribution in [0.2, 0.25) is 0 Å². The van der Waals surface area contributed by atoms with E-state index >= 15 is 0 Å². The first kappa shape index (κ1) is 14.6. The number of pyridine rings is 1. The Morgan fingerprint density at radius 2 is 2.05 bits per heavy atom. The van der Waals surface area contributed by atoms with Crippen LogP contribution < -0.4 is 10.6 Å². The van der Waals surface area contributed by atoms with Crippen LogP contribution in [0, 0.1) is 0 Å². The molecule has 1 aromatic heterocycles. The van der Waals surface area contributed by atoms with Gasteiger partial charge < -0.3 is 15.5 Å². The normalized spacial score (nSPS) is 11.7. The van der Waals surface area contributed by atoms with Crippen molar-refractivity contribution in [2.45, 2.75) is 19.4 Å². The van der Waals surface area contributed by atoms with Crippen molar-refractivity contribution >= 4 is 11.8 Å². The molecule has 6 heteroatoms. The van der Waals surface area contributed by atoms with Crippen LogP contribution in [0.15, 0.2) is 42.6 Å². The number of carbonyl (C=O) groups is 1. The van der Waals surface area contributed by atoms with E-state index in [1.165, 1.54) is 12.1 Å². The van der Waals surface area contributed by atoms with Crippen molar-refractivity contribution in [3.8, 4) is 11.5 Å². The summed E-state index contributed by atoms with van der Waals surface area (Å²) in [4.78, 5) is 15.8. The standard InChI is InChI=1S/C15H17N3O3/c1-10(8-11-5-6-12(19)13(20)9-11)17-15(21)18-14-4-2-3-7-16-14/h2-7,9-10,19-20H,8H2,1H3,(H2,16,17,18,21). The number of benzene rings is 1. The number of nitrogens with one attached hydrogen (secondary N) is 2. The van der Waals surface area contributed by atoms with E-state index in [0.717, 1.165) is 5.56 Å². The number of anilines is 1. The van der Waals surface area contributed by atoms with Crippen LogP contribution in [0.5, 0.6) is 11.5 Å². The molecule has 2 aromatic rings. The highest BCUT2D eigenvalue weighted by atomic mass is 16.3. The fraction of sp³-hybridized carbons (Fsp3) is 0.200. The summed E-state index contributed by atoms with van der Waals surface area (Å²) < 4.78 is 0. The number of phenolic OH excluding ortho intramolecular Hbond substituents is 2. The number of carbonyl (C=O) groups excluding carboxylic acids is 1. The van der Waals surface area contributed by atoms with Gasteiger partial charge in [0.15, 0.2) is 11.5 Å². The Hall–Kier alpha value is -2.76. The number of urea groups is 1. The maximum atomic E-state index is 11.8. The molecule has 1 aromatic carbocycles. The molecule has 21 heavy (non-hydrogen) atoms. The zero-order valence-electron chi connectivity index (χ0n) is 11.6. The molecule has 0 radical (unpaired) electrons. The number of amides is 2. The number of aromatic nitrogens is 1. The minimum absolute atomic E-state index is 0.141. The SMILES string of the molecule is CC(Cc1ccc(O)c(O)c1)NC(=O)Nc1ccccn1. The predicted molar refractivity (Wildman–Crippen MR) is 79.3 cm³/mol. The van der Waals surface area contributed by atoms with Gasteiger partial charge in [0, 0.05) is 12.2 Å². The van der Waals surface area contributed by atoms with E-state index in [0.29, 0.717) is 12.2 Å². The van der Waals surface area contributed by atoms with Gasteiger partial charge in [-0.1, -0.05) is 12.1 Å². The molecular formula is C15H17N3O3. The van der Waals surface area contributed by atoms with Crippen LogP contribution >= 0.6 is 0 Å². The van der Waals surface area contributed by atoms with Crippen LogP contribution in [0.3, 0.4) is 0 Å². The molecule has 0 aliphatic carbocycles. The first-order valence-corrected chi connectivity index (χ1v) is 6.54. The maximum absolute atomic E-state index is 11.8. The summed E-state index contributed by atoms with van der Waals surface area (Å²) in [6, 6.07) is 9.36. The van der Waals surface area contributed by atoms with Gasteiger partial charge in [-0.15, -0.1) is 0 Å². The quantitative estimate of drug-likeness (QED) is 0.649. The molecule has 4 N–H and O–H groups in total. The molecule has 1 heterocycles. The number of rotatable bonds is 4. The molecule has 0 aliphatic rings. The van der Waals surface area contributed by atoms with Crippen molar-refractivity contribution in [1.29, 1.82) is 0 Å². The van der Waals surface area contributed by atoms with Gasteiger partial charge in [-0.25, -0.2) is 9.78 Å². The summed E-state index contributed by atoms with van der Waals surface area (Å²) in [5.74, 6) is 0.148. The monoisotopic (exact) mass is 287 g/mol. The van der Waals surface area contributed by atoms with Gasteiger partial charge in [-0.3, -0.25) is 5.32 Å². The van der Waals surface area contributed by atoms with Crippen LogP contribution in [0.25, 0.3) is 0 Å². The summed E-state index contributed by atoms with van der Waals surface area (Å²) in [7, 11) is 0. The molecule has 110 valence electrons. The van der Waals surface area contributed by atoms with E-state index in [4.69, 9.17) is 0 Å². The molecule has 6 nitrogen and oxygen atoms in total. The lowest BCUT2D eigenvalue weighted by atomic mass is 10.1. The Morgan fingerprint density at radius 1 is 1.24 bits per heavy atom. The highest BCUT2D eigenvalue weighted by Gasteiger charge is 2.10. The second-order valence-corrected chi connectivity index (χ2v) is 4.74. The van der Waals surface area contributed by atoms with E-state index in [1.54, 1.807) is 30.5 Å². The minimum Gasteiger partial charge on any atom is -0.504 e. The highest BCUT2D eigenvalue weighted by Crippen LogP contribution is 2.25. The zero-order chi connectivity index (χ0) is 15.2. The Bertz CT molecular complexity index is 617. The topological polar surface area (TPSA) is 94.5 Å². The number of phenols is 2. The second-order valence-electron chi connectivity index (χ2n) is 4.74. The van der Waals surface area contributed by atoms with Gasteiger partial charge in [0.25, 0.3) is 0 Å². The predicted octanol–water partition coefficient (Wildman–Crippen LogP) is 2.25.